The molecule has 1 amide bonds. The van der Waals surface area contributed by atoms with Crippen LogP contribution in [-0.4, -0.2) is 55.8 Å². The summed E-state index contributed by atoms with van der Waals surface area (Å²) in [6.07, 6.45) is 2.53. The number of ether oxygens (including phenoxy) is 1. The number of hydrogen-bond acceptors (Lipinski definition) is 6. The van der Waals surface area contributed by atoms with Crippen molar-refractivity contribution in [1.82, 2.24) is 19.7 Å². The van der Waals surface area contributed by atoms with Crippen LogP contribution in [0.25, 0.3) is 5.69 Å². The van der Waals surface area contributed by atoms with E-state index >= 15 is 0 Å². The Kier molecular flexibility index (Phi) is 4.26. The van der Waals surface area contributed by atoms with Gasteiger partial charge in [-0.1, -0.05) is 0 Å². The maximum atomic E-state index is 12.7. The first-order valence-electron chi connectivity index (χ1n) is 7.54. The molecule has 2 atom stereocenters. The molecule has 2 heterocycles. The normalized spacial score (nSPS) is 20.8. The zero-order chi connectivity index (χ0) is 17.3. The molecule has 0 N–H and O–H groups in total. The Morgan fingerprint density at radius 3 is 2.62 bits per heavy atom. The number of nitrogens with zero attached hydrogens (tertiary/aromatic N) is 5. The molecule has 9 nitrogen and oxygen atoms in total. The second kappa shape index (κ2) is 6.36. The van der Waals surface area contributed by atoms with E-state index < -0.39 is 4.92 Å². The largest absolute Gasteiger partial charge is 0.372 e. The Morgan fingerprint density at radius 2 is 2.04 bits per heavy atom. The van der Waals surface area contributed by atoms with Crippen LogP contribution in [0.2, 0.25) is 0 Å². The van der Waals surface area contributed by atoms with Crippen molar-refractivity contribution in [2.45, 2.75) is 26.1 Å². The van der Waals surface area contributed by atoms with Crippen molar-refractivity contribution in [3.05, 3.63) is 46.5 Å². The first-order valence-corrected chi connectivity index (χ1v) is 7.54. The SMILES string of the molecule is CC1CN(C(=O)c2ccc(-n3cncn3)c([N+](=O)[O-])c2)CC(C)O1. The fraction of sp³-hybridized carbons (Fsp3) is 0.400. The predicted octanol–water partition coefficient (Wildman–Crippen LogP) is 1.42. The number of amides is 1. The summed E-state index contributed by atoms with van der Waals surface area (Å²) in [6, 6.07) is 4.36. The molecule has 1 aliphatic heterocycles. The molecule has 3 rings (SSSR count). The van der Waals surface area contributed by atoms with Crippen LogP contribution in [0, 0.1) is 10.1 Å². The van der Waals surface area contributed by atoms with Gasteiger partial charge >= 0.3 is 0 Å². The summed E-state index contributed by atoms with van der Waals surface area (Å²) in [6.45, 7) is 4.71. The lowest BCUT2D eigenvalue weighted by Crippen LogP contribution is -2.48. The molecule has 0 saturated carbocycles. The van der Waals surface area contributed by atoms with Crippen molar-refractivity contribution in [2.24, 2.45) is 0 Å². The van der Waals surface area contributed by atoms with Gasteiger partial charge in [0.15, 0.2) is 0 Å². The first kappa shape index (κ1) is 16.1. The Morgan fingerprint density at radius 1 is 1.33 bits per heavy atom. The summed E-state index contributed by atoms with van der Waals surface area (Å²) in [7, 11) is 0. The highest BCUT2D eigenvalue weighted by Gasteiger charge is 2.28. The van der Waals surface area contributed by atoms with Crippen LogP contribution in [0.15, 0.2) is 30.9 Å². The molecule has 2 aromatic rings. The van der Waals surface area contributed by atoms with Crippen LogP contribution < -0.4 is 0 Å². The molecule has 9 heteroatoms. The average molecular weight is 331 g/mol. The summed E-state index contributed by atoms with van der Waals surface area (Å²) in [4.78, 5) is 29.0. The Balaban J connectivity index is 1.93. The van der Waals surface area contributed by atoms with Gasteiger partial charge in [-0.3, -0.25) is 14.9 Å². The monoisotopic (exact) mass is 331 g/mol. The Hall–Kier alpha value is -2.81. The summed E-state index contributed by atoms with van der Waals surface area (Å²) < 4.78 is 6.91. The van der Waals surface area contributed by atoms with Crippen molar-refractivity contribution < 1.29 is 14.5 Å². The molecule has 0 spiro atoms. The quantitative estimate of drug-likeness (QED) is 0.622. The Bertz CT molecular complexity index is 751. The maximum Gasteiger partial charge on any atom is 0.295 e. The number of aromatic nitrogens is 3. The Labute approximate surface area is 138 Å². The molecule has 1 aromatic heterocycles. The summed E-state index contributed by atoms with van der Waals surface area (Å²) >= 11 is 0. The van der Waals surface area contributed by atoms with E-state index in [4.69, 9.17) is 4.74 Å². The molecular formula is C15H17N5O4. The van der Waals surface area contributed by atoms with E-state index in [1.54, 1.807) is 11.0 Å². The number of carbonyl (C=O) groups excluding carboxylic acids is 1. The summed E-state index contributed by atoms with van der Waals surface area (Å²) in [5, 5.41) is 15.3. The molecule has 1 saturated heterocycles. The van der Waals surface area contributed by atoms with Gasteiger partial charge in [0.2, 0.25) is 0 Å². The predicted molar refractivity (Wildman–Crippen MR) is 83.9 cm³/mol. The molecule has 1 aromatic carbocycles. The molecular weight excluding hydrogens is 314 g/mol. The van der Waals surface area contributed by atoms with Gasteiger partial charge in [0.05, 0.1) is 17.1 Å². The molecule has 24 heavy (non-hydrogen) atoms. The lowest BCUT2D eigenvalue weighted by Gasteiger charge is -2.35. The van der Waals surface area contributed by atoms with Crippen LogP contribution in [0.1, 0.15) is 24.2 Å². The fourth-order valence-electron chi connectivity index (χ4n) is 2.86. The van der Waals surface area contributed by atoms with Gasteiger partial charge in [0.25, 0.3) is 11.6 Å². The van der Waals surface area contributed by atoms with E-state index in [1.165, 1.54) is 29.5 Å². The van der Waals surface area contributed by atoms with Crippen molar-refractivity contribution >= 4 is 11.6 Å². The third-order valence-corrected chi connectivity index (χ3v) is 3.79. The molecule has 1 fully saturated rings. The molecule has 126 valence electrons. The number of hydrogen-bond donors (Lipinski definition) is 0. The molecule has 1 aliphatic rings. The number of nitro groups is 1. The second-order valence-corrected chi connectivity index (χ2v) is 5.77. The van der Waals surface area contributed by atoms with Crippen molar-refractivity contribution in [1.29, 1.82) is 0 Å². The fourth-order valence-corrected chi connectivity index (χ4v) is 2.86. The molecule has 0 aliphatic carbocycles. The minimum Gasteiger partial charge on any atom is -0.372 e. The minimum absolute atomic E-state index is 0.0675. The molecule has 0 radical (unpaired) electrons. The van der Waals surface area contributed by atoms with Crippen LogP contribution in [0.4, 0.5) is 5.69 Å². The lowest BCUT2D eigenvalue weighted by atomic mass is 10.1. The van der Waals surface area contributed by atoms with Gasteiger partial charge in [-0.25, -0.2) is 9.67 Å². The highest BCUT2D eigenvalue weighted by atomic mass is 16.6. The molecule has 0 bridgehead atoms. The van der Waals surface area contributed by atoms with Crippen LogP contribution in [-0.2, 0) is 4.74 Å². The highest BCUT2D eigenvalue weighted by molar-refractivity contribution is 5.95. The van der Waals surface area contributed by atoms with E-state index in [0.717, 1.165) is 0 Å². The van der Waals surface area contributed by atoms with E-state index in [2.05, 4.69) is 10.1 Å². The average Bonchev–Trinajstić information content (AvgIpc) is 3.07. The highest BCUT2D eigenvalue weighted by Crippen LogP contribution is 2.25. The van der Waals surface area contributed by atoms with Gasteiger partial charge in [-0.05, 0) is 26.0 Å². The topological polar surface area (TPSA) is 103 Å². The van der Waals surface area contributed by atoms with Crippen molar-refractivity contribution in [3.63, 3.8) is 0 Å². The number of rotatable bonds is 3. The number of carbonyl (C=O) groups is 1. The summed E-state index contributed by atoms with van der Waals surface area (Å²) in [5.74, 6) is -0.245. The molecule has 2 unspecified atom stereocenters. The van der Waals surface area contributed by atoms with E-state index in [1.807, 2.05) is 13.8 Å². The summed E-state index contributed by atoms with van der Waals surface area (Å²) in [5.41, 5.74) is 0.338. The van der Waals surface area contributed by atoms with Gasteiger partial charge < -0.3 is 9.64 Å². The number of benzene rings is 1. The van der Waals surface area contributed by atoms with Gasteiger partial charge in [-0.15, -0.1) is 0 Å². The van der Waals surface area contributed by atoms with E-state index in [9.17, 15) is 14.9 Å². The third kappa shape index (κ3) is 3.11. The zero-order valence-electron chi connectivity index (χ0n) is 13.3. The van der Waals surface area contributed by atoms with Gasteiger partial charge in [0, 0.05) is 24.7 Å². The van der Waals surface area contributed by atoms with Gasteiger partial charge in [0.1, 0.15) is 18.3 Å². The zero-order valence-corrected chi connectivity index (χ0v) is 13.3. The lowest BCUT2D eigenvalue weighted by molar-refractivity contribution is -0.384. The van der Waals surface area contributed by atoms with E-state index in [-0.39, 0.29) is 35.1 Å². The van der Waals surface area contributed by atoms with Gasteiger partial charge in [-0.2, -0.15) is 5.10 Å². The third-order valence-electron chi connectivity index (χ3n) is 3.79. The van der Waals surface area contributed by atoms with Crippen molar-refractivity contribution in [3.8, 4) is 5.69 Å². The van der Waals surface area contributed by atoms with E-state index in [0.29, 0.717) is 13.1 Å². The second-order valence-electron chi connectivity index (χ2n) is 5.77. The van der Waals surface area contributed by atoms with Crippen molar-refractivity contribution in [2.75, 3.05) is 13.1 Å². The number of morpholine rings is 1. The van der Waals surface area contributed by atoms with Crippen LogP contribution in [0.5, 0.6) is 0 Å². The van der Waals surface area contributed by atoms with Crippen LogP contribution >= 0.6 is 0 Å². The first-order chi connectivity index (χ1) is 11.5. The maximum absolute atomic E-state index is 12.7. The van der Waals surface area contributed by atoms with Crippen LogP contribution in [0.3, 0.4) is 0 Å². The standard InChI is InChI=1S/C15H17N5O4/c1-10-6-18(7-11(2)24-10)15(21)12-3-4-13(14(5-12)20(22)23)19-9-16-8-17-19/h3-5,8-11H,6-7H2,1-2H3. The minimum atomic E-state index is -0.529. The number of nitro benzene ring substituents is 1. The smallest absolute Gasteiger partial charge is 0.295 e.